The molecule has 0 saturated heterocycles. The second-order valence-electron chi connectivity index (χ2n) is 4.69. The van der Waals surface area contributed by atoms with Gasteiger partial charge in [-0.25, -0.2) is 0 Å². The summed E-state index contributed by atoms with van der Waals surface area (Å²) in [5.41, 5.74) is 4.98. The normalized spacial score (nSPS) is 12.4. The van der Waals surface area contributed by atoms with E-state index in [9.17, 15) is 0 Å². The molecule has 0 aliphatic rings. The largest absolute Gasteiger partial charge is 0.271 e. The number of pyridine rings is 2. The third-order valence-corrected chi connectivity index (χ3v) is 3.42. The number of rotatable bonds is 4. The summed E-state index contributed by atoms with van der Waals surface area (Å²) in [6.07, 6.45) is 6.26. The number of nitrogens with zero attached hydrogens (tertiary/aromatic N) is 2. The molecule has 100 valence electrons. The third-order valence-electron chi connectivity index (χ3n) is 3.42. The van der Waals surface area contributed by atoms with Gasteiger partial charge in [-0.15, -0.1) is 0 Å². The van der Waals surface area contributed by atoms with Gasteiger partial charge in [0.1, 0.15) is 0 Å². The van der Waals surface area contributed by atoms with Crippen LogP contribution in [-0.4, -0.2) is 9.97 Å². The highest BCUT2D eigenvalue weighted by atomic mass is 15.2. The molecule has 4 heteroatoms. The predicted molar refractivity (Wildman–Crippen MR) is 79.7 cm³/mol. The molecule has 0 spiro atoms. The molecule has 0 saturated carbocycles. The van der Waals surface area contributed by atoms with Gasteiger partial charge in [-0.05, 0) is 23.1 Å². The second kappa shape index (κ2) is 5.77. The van der Waals surface area contributed by atoms with Crippen molar-refractivity contribution < 1.29 is 0 Å². The Kier molecular flexibility index (Phi) is 3.67. The van der Waals surface area contributed by atoms with Gasteiger partial charge in [0.25, 0.3) is 0 Å². The van der Waals surface area contributed by atoms with Gasteiger partial charge in [-0.2, -0.15) is 0 Å². The summed E-state index contributed by atoms with van der Waals surface area (Å²) in [6.45, 7) is 0. The molecular formula is C16H16N4. The van der Waals surface area contributed by atoms with Crippen LogP contribution in [0.5, 0.6) is 0 Å². The molecule has 1 atom stereocenters. The Morgan fingerprint density at radius 3 is 2.70 bits per heavy atom. The minimum atomic E-state index is -0.0106. The highest BCUT2D eigenvalue weighted by molar-refractivity contribution is 5.85. The maximum absolute atomic E-state index is 5.74. The number of nitrogens with one attached hydrogen (secondary N) is 1. The van der Waals surface area contributed by atoms with Crippen LogP contribution in [0.4, 0.5) is 0 Å². The predicted octanol–water partition coefficient (Wildman–Crippen LogP) is 2.38. The highest BCUT2D eigenvalue weighted by Gasteiger charge is 2.14. The second-order valence-corrected chi connectivity index (χ2v) is 4.69. The minimum Gasteiger partial charge on any atom is -0.271 e. The zero-order chi connectivity index (χ0) is 13.8. The molecule has 20 heavy (non-hydrogen) atoms. The van der Waals surface area contributed by atoms with Gasteiger partial charge in [-0.3, -0.25) is 21.2 Å². The molecule has 1 aromatic carbocycles. The zero-order valence-electron chi connectivity index (χ0n) is 11.0. The van der Waals surface area contributed by atoms with Gasteiger partial charge >= 0.3 is 0 Å². The molecule has 3 rings (SSSR count). The van der Waals surface area contributed by atoms with E-state index in [4.69, 9.17) is 5.84 Å². The number of hydrogen-bond acceptors (Lipinski definition) is 4. The topological polar surface area (TPSA) is 63.8 Å². The number of nitrogens with two attached hydrogens (primary N) is 1. The van der Waals surface area contributed by atoms with E-state index in [-0.39, 0.29) is 6.04 Å². The molecule has 1 unspecified atom stereocenters. The first-order valence-corrected chi connectivity index (χ1v) is 6.57. The van der Waals surface area contributed by atoms with Crippen molar-refractivity contribution in [1.82, 2.24) is 15.4 Å². The van der Waals surface area contributed by atoms with Gasteiger partial charge in [-0.1, -0.05) is 30.3 Å². The summed E-state index contributed by atoms with van der Waals surface area (Å²) < 4.78 is 0. The van der Waals surface area contributed by atoms with Crippen LogP contribution in [0, 0.1) is 0 Å². The molecule has 2 aromatic heterocycles. The minimum absolute atomic E-state index is 0.0106. The lowest BCUT2D eigenvalue weighted by molar-refractivity contribution is 0.548. The van der Waals surface area contributed by atoms with Crippen molar-refractivity contribution >= 4 is 10.8 Å². The van der Waals surface area contributed by atoms with Crippen molar-refractivity contribution in [2.45, 2.75) is 12.5 Å². The van der Waals surface area contributed by atoms with Crippen LogP contribution in [0.2, 0.25) is 0 Å². The number of aromatic nitrogens is 2. The lowest BCUT2D eigenvalue weighted by Gasteiger charge is -2.17. The molecule has 3 aromatic rings. The summed E-state index contributed by atoms with van der Waals surface area (Å²) in [6, 6.07) is 14.1. The van der Waals surface area contributed by atoms with Gasteiger partial charge in [0, 0.05) is 36.1 Å². The molecule has 3 N–H and O–H groups in total. The van der Waals surface area contributed by atoms with E-state index in [0.717, 1.165) is 23.1 Å². The highest BCUT2D eigenvalue weighted by Crippen LogP contribution is 2.24. The van der Waals surface area contributed by atoms with E-state index in [0.29, 0.717) is 0 Å². The van der Waals surface area contributed by atoms with Crippen LogP contribution in [0.1, 0.15) is 17.3 Å². The summed E-state index contributed by atoms with van der Waals surface area (Å²) in [5.74, 6) is 5.74. The number of benzene rings is 1. The monoisotopic (exact) mass is 264 g/mol. The molecule has 0 bridgehead atoms. The van der Waals surface area contributed by atoms with Crippen molar-refractivity contribution in [3.05, 3.63) is 72.3 Å². The first-order valence-electron chi connectivity index (χ1n) is 6.57. The van der Waals surface area contributed by atoms with Crippen molar-refractivity contribution in [2.75, 3.05) is 0 Å². The van der Waals surface area contributed by atoms with Crippen molar-refractivity contribution in [1.29, 1.82) is 0 Å². The third kappa shape index (κ3) is 2.52. The summed E-state index contributed by atoms with van der Waals surface area (Å²) in [4.78, 5) is 8.66. The van der Waals surface area contributed by atoms with Gasteiger partial charge in [0.05, 0.1) is 6.04 Å². The van der Waals surface area contributed by atoms with E-state index in [2.05, 4.69) is 27.5 Å². The van der Waals surface area contributed by atoms with E-state index in [1.165, 1.54) is 5.39 Å². The SMILES string of the molecule is NNC(Cc1ccccn1)c1cncc2ccccc12. The van der Waals surface area contributed by atoms with E-state index in [1.54, 1.807) is 6.20 Å². The molecule has 0 radical (unpaired) electrons. The molecule has 0 fully saturated rings. The standard InChI is InChI=1S/C16H16N4/c17-20-16(9-13-6-3-4-8-19-13)15-11-18-10-12-5-1-2-7-14(12)15/h1-8,10-11,16,20H,9,17H2. The van der Waals surface area contributed by atoms with E-state index < -0.39 is 0 Å². The first-order chi connectivity index (χ1) is 9.88. The quantitative estimate of drug-likeness (QED) is 0.561. The number of fused-ring (bicyclic) bond motifs is 1. The first kappa shape index (κ1) is 12.7. The summed E-state index contributed by atoms with van der Waals surface area (Å²) >= 11 is 0. The maximum atomic E-state index is 5.74. The Morgan fingerprint density at radius 1 is 1.05 bits per heavy atom. The summed E-state index contributed by atoms with van der Waals surface area (Å²) in [5, 5.41) is 2.28. The molecule has 4 nitrogen and oxygen atoms in total. The van der Waals surface area contributed by atoms with Crippen molar-refractivity contribution in [3.63, 3.8) is 0 Å². The van der Waals surface area contributed by atoms with Crippen LogP contribution < -0.4 is 11.3 Å². The lowest BCUT2D eigenvalue weighted by Crippen LogP contribution is -2.30. The van der Waals surface area contributed by atoms with E-state index >= 15 is 0 Å². The molecule has 0 amide bonds. The van der Waals surface area contributed by atoms with Crippen LogP contribution in [-0.2, 0) is 6.42 Å². The van der Waals surface area contributed by atoms with Crippen molar-refractivity contribution in [3.8, 4) is 0 Å². The van der Waals surface area contributed by atoms with Gasteiger partial charge in [0.15, 0.2) is 0 Å². The van der Waals surface area contributed by atoms with Gasteiger partial charge < -0.3 is 0 Å². The Bertz CT molecular complexity index is 692. The number of hydrogen-bond donors (Lipinski definition) is 2. The number of hydrazine groups is 1. The molecule has 2 heterocycles. The van der Waals surface area contributed by atoms with Crippen LogP contribution in [0.3, 0.4) is 0 Å². The van der Waals surface area contributed by atoms with Crippen LogP contribution in [0.25, 0.3) is 10.8 Å². The average molecular weight is 264 g/mol. The zero-order valence-corrected chi connectivity index (χ0v) is 11.0. The Morgan fingerprint density at radius 2 is 1.90 bits per heavy atom. The Hall–Kier alpha value is -2.30. The smallest absolute Gasteiger partial charge is 0.0536 e. The maximum Gasteiger partial charge on any atom is 0.0536 e. The van der Waals surface area contributed by atoms with E-state index in [1.807, 2.05) is 42.7 Å². The lowest BCUT2D eigenvalue weighted by atomic mass is 9.98. The fraction of sp³-hybridized carbons (Fsp3) is 0.125. The Balaban J connectivity index is 1.99. The summed E-state index contributed by atoms with van der Waals surface area (Å²) in [7, 11) is 0. The molecule has 0 aliphatic carbocycles. The average Bonchev–Trinajstić information content (AvgIpc) is 2.53. The van der Waals surface area contributed by atoms with Crippen molar-refractivity contribution in [2.24, 2.45) is 5.84 Å². The molecular weight excluding hydrogens is 248 g/mol. The Labute approximate surface area is 117 Å². The van der Waals surface area contributed by atoms with Crippen LogP contribution >= 0.6 is 0 Å². The van der Waals surface area contributed by atoms with Gasteiger partial charge in [0.2, 0.25) is 0 Å². The fourth-order valence-electron chi connectivity index (χ4n) is 2.40. The molecule has 0 aliphatic heterocycles. The fourth-order valence-corrected chi connectivity index (χ4v) is 2.40. The van der Waals surface area contributed by atoms with Crippen LogP contribution in [0.15, 0.2) is 61.1 Å².